The van der Waals surface area contributed by atoms with Gasteiger partial charge in [-0.2, -0.15) is 0 Å². The SMILES string of the molecule is CCC1c2cc3ccccc3cc2-c2cc3ccccc3cc21.[Cl-].[Cl-].[Zr+2][CH]1c2cc3ccccc3cc2-c2cc3ccccc3cc21. The van der Waals surface area contributed by atoms with Crippen molar-refractivity contribution in [3.05, 3.63) is 168 Å². The molecule has 0 saturated heterocycles. The molecule has 0 bridgehead atoms. The molecular formula is C44H31Cl2Zr. The molecule has 0 spiro atoms. The Bertz CT molecular complexity index is 2290. The van der Waals surface area contributed by atoms with Crippen molar-refractivity contribution < 1.29 is 49.5 Å². The van der Waals surface area contributed by atoms with Crippen LogP contribution < -0.4 is 24.8 Å². The molecule has 0 atom stereocenters. The minimum atomic E-state index is 0. The average Bonchev–Trinajstić information content (AvgIpc) is 3.53. The van der Waals surface area contributed by atoms with E-state index < -0.39 is 0 Å². The normalized spacial score (nSPS) is 12.9. The molecule has 0 unspecified atom stereocenters. The first-order valence-corrected chi connectivity index (χ1v) is 17.4. The molecule has 8 aromatic rings. The van der Waals surface area contributed by atoms with Crippen LogP contribution in [0.1, 0.15) is 45.1 Å². The van der Waals surface area contributed by atoms with Crippen molar-refractivity contribution in [2.45, 2.75) is 22.9 Å². The monoisotopic (exact) mass is 719 g/mol. The Balaban J connectivity index is 0.000000143. The Morgan fingerprint density at radius 2 is 0.617 bits per heavy atom. The average molecular weight is 722 g/mol. The standard InChI is InChI=1S/C23H18.C21H13.2ClH.Zr/c1-2-19-20-11-15-7-3-5-9-17(15)13-22(20)23-14-18-10-6-4-8-16(18)12-21(19)23;1-3-7-16-12-20-18(9-14(16)5-1)11-19-10-15-6-2-4-8-17(15)13-21(19)20;;;/h3-14,19H,2H2,1H3;1-13H;2*1H;/q;;;;+2/p-2. The zero-order chi connectivity index (χ0) is 30.1. The fourth-order valence-corrected chi connectivity index (χ4v) is 8.97. The molecule has 0 fully saturated rings. The molecule has 0 radical (unpaired) electrons. The van der Waals surface area contributed by atoms with E-state index in [1.54, 1.807) is 24.7 Å². The minimum absolute atomic E-state index is 0. The summed E-state index contributed by atoms with van der Waals surface area (Å²) in [6, 6.07) is 53.9. The first kappa shape index (κ1) is 31.8. The molecule has 2 aliphatic rings. The summed E-state index contributed by atoms with van der Waals surface area (Å²) >= 11 is 1.57. The van der Waals surface area contributed by atoms with Crippen molar-refractivity contribution >= 4 is 43.1 Å². The zero-order valence-corrected chi connectivity index (χ0v) is 29.9. The number of halogens is 2. The number of benzene rings is 8. The van der Waals surface area contributed by atoms with Crippen LogP contribution in [0.15, 0.2) is 146 Å². The van der Waals surface area contributed by atoms with Gasteiger partial charge in [0.05, 0.1) is 0 Å². The van der Waals surface area contributed by atoms with Crippen molar-refractivity contribution in [3.63, 3.8) is 0 Å². The van der Waals surface area contributed by atoms with Gasteiger partial charge < -0.3 is 24.8 Å². The number of hydrogen-bond donors (Lipinski definition) is 0. The third-order valence-electron chi connectivity index (χ3n) is 10.0. The number of rotatable bonds is 1. The predicted molar refractivity (Wildman–Crippen MR) is 188 cm³/mol. The van der Waals surface area contributed by atoms with Gasteiger partial charge in [0.2, 0.25) is 0 Å². The van der Waals surface area contributed by atoms with E-state index in [2.05, 4.69) is 153 Å². The summed E-state index contributed by atoms with van der Waals surface area (Å²) in [5, 5.41) is 10.8. The molecule has 225 valence electrons. The van der Waals surface area contributed by atoms with Crippen LogP contribution in [0.25, 0.3) is 65.3 Å². The summed E-state index contributed by atoms with van der Waals surface area (Å²) in [6.45, 7) is 2.30. The van der Waals surface area contributed by atoms with E-state index in [9.17, 15) is 0 Å². The first-order chi connectivity index (χ1) is 22.2. The van der Waals surface area contributed by atoms with Gasteiger partial charge in [-0.15, -0.1) is 0 Å². The second-order valence-electron chi connectivity index (χ2n) is 12.5. The summed E-state index contributed by atoms with van der Waals surface area (Å²) in [5.41, 5.74) is 11.7. The molecule has 0 nitrogen and oxygen atoms in total. The van der Waals surface area contributed by atoms with Crippen LogP contribution in [-0.2, 0) is 24.7 Å². The van der Waals surface area contributed by atoms with Crippen molar-refractivity contribution in [1.29, 1.82) is 0 Å². The molecule has 0 N–H and O–H groups in total. The van der Waals surface area contributed by atoms with E-state index in [0.717, 1.165) is 6.42 Å². The van der Waals surface area contributed by atoms with Crippen molar-refractivity contribution in [1.82, 2.24) is 0 Å². The molecule has 0 aromatic heterocycles. The second-order valence-corrected chi connectivity index (χ2v) is 14.0. The molecule has 3 heteroatoms. The molecule has 0 saturated carbocycles. The summed E-state index contributed by atoms with van der Waals surface area (Å²) in [5.74, 6) is 0.522. The molecule has 8 aromatic carbocycles. The van der Waals surface area contributed by atoms with Crippen LogP contribution in [0.3, 0.4) is 0 Å². The van der Waals surface area contributed by atoms with Crippen LogP contribution in [0.4, 0.5) is 0 Å². The van der Waals surface area contributed by atoms with Crippen LogP contribution in [0.2, 0.25) is 0 Å². The third kappa shape index (κ3) is 5.25. The van der Waals surface area contributed by atoms with Gasteiger partial charge in [-0.1, -0.05) is 55.5 Å². The molecule has 0 aliphatic heterocycles. The number of fused-ring (bicyclic) bond motifs is 10. The Hall–Kier alpha value is -3.74. The van der Waals surface area contributed by atoms with E-state index in [-0.39, 0.29) is 24.8 Å². The molecule has 47 heavy (non-hydrogen) atoms. The van der Waals surface area contributed by atoms with E-state index in [4.69, 9.17) is 0 Å². The Morgan fingerprint density at radius 1 is 0.383 bits per heavy atom. The van der Waals surface area contributed by atoms with Gasteiger partial charge in [0.15, 0.2) is 0 Å². The summed E-state index contributed by atoms with van der Waals surface area (Å²) in [6.07, 6.45) is 1.15. The van der Waals surface area contributed by atoms with Gasteiger partial charge >= 0.3 is 145 Å². The van der Waals surface area contributed by atoms with Crippen molar-refractivity contribution in [3.8, 4) is 22.3 Å². The topological polar surface area (TPSA) is 0 Å². The van der Waals surface area contributed by atoms with Gasteiger partial charge in [0, 0.05) is 5.92 Å². The third-order valence-corrected chi connectivity index (χ3v) is 11.6. The Kier molecular flexibility index (Phi) is 8.61. The van der Waals surface area contributed by atoms with Gasteiger partial charge in [-0.3, -0.25) is 0 Å². The molecule has 0 heterocycles. The van der Waals surface area contributed by atoms with Crippen molar-refractivity contribution in [2.75, 3.05) is 0 Å². The summed E-state index contributed by atoms with van der Waals surface area (Å²) in [4.78, 5) is 0. The second kappa shape index (κ2) is 12.7. The van der Waals surface area contributed by atoms with E-state index in [1.165, 1.54) is 87.6 Å². The fourth-order valence-electron chi connectivity index (χ4n) is 7.79. The van der Waals surface area contributed by atoms with E-state index in [0.29, 0.717) is 9.54 Å². The molecule has 10 rings (SSSR count). The van der Waals surface area contributed by atoms with Crippen LogP contribution in [0, 0.1) is 0 Å². The molecule has 0 amide bonds. The van der Waals surface area contributed by atoms with Crippen LogP contribution >= 0.6 is 0 Å². The van der Waals surface area contributed by atoms with Gasteiger partial charge in [0.25, 0.3) is 0 Å². The van der Waals surface area contributed by atoms with Gasteiger partial charge in [-0.05, 0) is 74.5 Å². The first-order valence-electron chi connectivity index (χ1n) is 16.0. The maximum atomic E-state index is 2.41. The summed E-state index contributed by atoms with van der Waals surface area (Å²) < 4.78 is 0.561. The van der Waals surface area contributed by atoms with Crippen LogP contribution in [0.5, 0.6) is 0 Å². The van der Waals surface area contributed by atoms with Gasteiger partial charge in [-0.25, -0.2) is 0 Å². The fraction of sp³-hybridized carbons (Fsp3) is 0.0909. The molecule has 2 aliphatic carbocycles. The van der Waals surface area contributed by atoms with E-state index in [1.807, 2.05) is 0 Å². The van der Waals surface area contributed by atoms with Crippen molar-refractivity contribution in [2.24, 2.45) is 0 Å². The maximum absolute atomic E-state index is 2.41. The summed E-state index contributed by atoms with van der Waals surface area (Å²) in [7, 11) is 0. The predicted octanol–water partition coefficient (Wildman–Crippen LogP) is 6.13. The number of hydrogen-bond acceptors (Lipinski definition) is 0. The van der Waals surface area contributed by atoms with Crippen LogP contribution in [-0.4, -0.2) is 0 Å². The Labute approximate surface area is 303 Å². The van der Waals surface area contributed by atoms with E-state index >= 15 is 0 Å². The van der Waals surface area contributed by atoms with Gasteiger partial charge in [0.1, 0.15) is 0 Å². The zero-order valence-electron chi connectivity index (χ0n) is 26.0. The molecular weight excluding hydrogens is 691 g/mol. The Morgan fingerprint density at radius 3 is 0.894 bits per heavy atom. The quantitative estimate of drug-likeness (QED) is 0.192.